The minimum atomic E-state index is -0.138. The summed E-state index contributed by atoms with van der Waals surface area (Å²) in [6.45, 7) is 1.10. The van der Waals surface area contributed by atoms with E-state index in [2.05, 4.69) is 27.3 Å². The van der Waals surface area contributed by atoms with Crippen LogP contribution in [0.1, 0.15) is 44.1 Å². The van der Waals surface area contributed by atoms with Crippen LogP contribution in [0.2, 0.25) is 0 Å². The summed E-state index contributed by atoms with van der Waals surface area (Å²) in [6, 6.07) is 6.17. The Balaban J connectivity index is 1.74. The molecule has 19 heavy (non-hydrogen) atoms. The van der Waals surface area contributed by atoms with Crippen LogP contribution in [-0.2, 0) is 6.42 Å². The van der Waals surface area contributed by atoms with Crippen LogP contribution in [0, 0.1) is 11.2 Å². The maximum Gasteiger partial charge on any atom is 0.137 e. The predicted molar refractivity (Wildman–Crippen MR) is 79.7 cm³/mol. The molecule has 1 nitrogen and oxygen atoms in total. The number of nitrogens with one attached hydrogen (secondary N) is 1. The minimum Gasteiger partial charge on any atom is -0.313 e. The third kappa shape index (κ3) is 3.19. The van der Waals surface area contributed by atoms with Gasteiger partial charge < -0.3 is 5.32 Å². The van der Waals surface area contributed by atoms with Gasteiger partial charge in [-0.3, -0.25) is 0 Å². The van der Waals surface area contributed by atoms with Crippen molar-refractivity contribution >= 4 is 15.9 Å². The first kappa shape index (κ1) is 13.6. The molecule has 1 N–H and O–H groups in total. The van der Waals surface area contributed by atoms with Crippen molar-refractivity contribution in [2.24, 2.45) is 5.41 Å². The van der Waals surface area contributed by atoms with Gasteiger partial charge in [0.25, 0.3) is 0 Å². The Labute approximate surface area is 123 Å². The van der Waals surface area contributed by atoms with Crippen molar-refractivity contribution in [2.45, 2.75) is 51.0 Å². The molecule has 0 radical (unpaired) electrons. The molecule has 0 heterocycles. The Morgan fingerprint density at radius 1 is 1.26 bits per heavy atom. The Kier molecular flexibility index (Phi) is 3.95. The van der Waals surface area contributed by atoms with E-state index in [-0.39, 0.29) is 5.82 Å². The second-order valence-corrected chi connectivity index (χ2v) is 7.04. The topological polar surface area (TPSA) is 12.0 Å². The van der Waals surface area contributed by atoms with E-state index >= 15 is 0 Å². The molecule has 1 aromatic carbocycles. The minimum absolute atomic E-state index is 0.138. The Morgan fingerprint density at radius 2 is 2.00 bits per heavy atom. The molecule has 2 aliphatic carbocycles. The van der Waals surface area contributed by atoms with Gasteiger partial charge in [0.2, 0.25) is 0 Å². The van der Waals surface area contributed by atoms with Crippen molar-refractivity contribution in [2.75, 3.05) is 6.54 Å². The normalized spacial score (nSPS) is 21.8. The van der Waals surface area contributed by atoms with Crippen LogP contribution in [0.4, 0.5) is 4.39 Å². The largest absolute Gasteiger partial charge is 0.313 e. The van der Waals surface area contributed by atoms with E-state index < -0.39 is 0 Å². The molecule has 0 spiro atoms. The zero-order chi connectivity index (χ0) is 13.3. The predicted octanol–water partition coefficient (Wildman–Crippen LogP) is 4.44. The number of hydrogen-bond donors (Lipinski definition) is 1. The van der Waals surface area contributed by atoms with Crippen LogP contribution in [0.5, 0.6) is 0 Å². The lowest BCUT2D eigenvalue weighted by Crippen LogP contribution is -2.35. The summed E-state index contributed by atoms with van der Waals surface area (Å²) in [5.74, 6) is -0.138. The standard InChI is InChI=1S/C16H21BrFN/c17-15-12(4-3-5-14(15)18)10-16(8-1-2-9-16)11-19-13-6-7-13/h3-5,13,19H,1-2,6-11H2. The third-order valence-electron chi connectivity index (χ3n) is 4.60. The fraction of sp³-hybridized carbons (Fsp3) is 0.625. The average molecular weight is 326 g/mol. The van der Waals surface area contributed by atoms with Crippen LogP contribution in [0.3, 0.4) is 0 Å². The van der Waals surface area contributed by atoms with Crippen LogP contribution in [-0.4, -0.2) is 12.6 Å². The zero-order valence-electron chi connectivity index (χ0n) is 11.2. The molecule has 2 saturated carbocycles. The highest BCUT2D eigenvalue weighted by atomic mass is 79.9. The van der Waals surface area contributed by atoms with Crippen molar-refractivity contribution in [1.29, 1.82) is 0 Å². The van der Waals surface area contributed by atoms with Crippen LogP contribution in [0.15, 0.2) is 22.7 Å². The van der Waals surface area contributed by atoms with Gasteiger partial charge in [0.1, 0.15) is 5.82 Å². The van der Waals surface area contributed by atoms with E-state index in [1.807, 2.05) is 6.07 Å². The van der Waals surface area contributed by atoms with Gasteiger partial charge >= 0.3 is 0 Å². The molecular formula is C16H21BrFN. The average Bonchev–Trinajstić information content (AvgIpc) is 3.13. The van der Waals surface area contributed by atoms with Gasteiger partial charge in [0.15, 0.2) is 0 Å². The van der Waals surface area contributed by atoms with Crippen molar-refractivity contribution in [1.82, 2.24) is 5.32 Å². The smallest absolute Gasteiger partial charge is 0.137 e. The molecule has 2 aliphatic rings. The quantitative estimate of drug-likeness (QED) is 0.843. The molecule has 104 valence electrons. The first-order chi connectivity index (χ1) is 9.19. The molecule has 0 aliphatic heterocycles. The summed E-state index contributed by atoms with van der Waals surface area (Å²) < 4.78 is 14.3. The zero-order valence-corrected chi connectivity index (χ0v) is 12.8. The Hall–Kier alpha value is -0.410. The molecule has 0 unspecified atom stereocenters. The maximum atomic E-state index is 13.6. The second-order valence-electron chi connectivity index (χ2n) is 6.25. The van der Waals surface area contributed by atoms with Crippen molar-refractivity contribution in [3.63, 3.8) is 0 Å². The van der Waals surface area contributed by atoms with Crippen molar-refractivity contribution < 1.29 is 4.39 Å². The monoisotopic (exact) mass is 325 g/mol. The van der Waals surface area contributed by atoms with Crippen LogP contribution in [0.25, 0.3) is 0 Å². The molecule has 0 bridgehead atoms. The fourth-order valence-corrected chi connectivity index (χ4v) is 3.68. The van der Waals surface area contributed by atoms with Crippen molar-refractivity contribution in [3.05, 3.63) is 34.1 Å². The molecule has 0 saturated heterocycles. The fourth-order valence-electron chi connectivity index (χ4n) is 3.28. The van der Waals surface area contributed by atoms with E-state index in [9.17, 15) is 4.39 Å². The molecule has 3 heteroatoms. The first-order valence-electron chi connectivity index (χ1n) is 7.35. The second kappa shape index (κ2) is 5.53. The molecule has 0 atom stereocenters. The number of halogens is 2. The van der Waals surface area contributed by atoms with Crippen LogP contribution < -0.4 is 5.32 Å². The van der Waals surface area contributed by atoms with Crippen molar-refractivity contribution in [3.8, 4) is 0 Å². The van der Waals surface area contributed by atoms with E-state index in [0.29, 0.717) is 9.89 Å². The lowest BCUT2D eigenvalue weighted by atomic mass is 9.80. The van der Waals surface area contributed by atoms with E-state index in [1.165, 1.54) is 44.6 Å². The highest BCUT2D eigenvalue weighted by Gasteiger charge is 2.36. The maximum absolute atomic E-state index is 13.6. The summed E-state index contributed by atoms with van der Waals surface area (Å²) >= 11 is 3.41. The molecule has 2 fully saturated rings. The van der Waals surface area contributed by atoms with Gasteiger partial charge in [0, 0.05) is 12.6 Å². The highest BCUT2D eigenvalue weighted by molar-refractivity contribution is 9.10. The summed E-state index contributed by atoms with van der Waals surface area (Å²) in [6.07, 6.45) is 8.84. The lowest BCUT2D eigenvalue weighted by Gasteiger charge is -2.30. The summed E-state index contributed by atoms with van der Waals surface area (Å²) in [5.41, 5.74) is 1.47. The van der Waals surface area contributed by atoms with E-state index in [4.69, 9.17) is 0 Å². The number of benzene rings is 1. The molecule has 3 rings (SSSR count). The highest BCUT2D eigenvalue weighted by Crippen LogP contribution is 2.42. The van der Waals surface area contributed by atoms with Crippen LogP contribution >= 0.6 is 15.9 Å². The van der Waals surface area contributed by atoms with Gasteiger partial charge in [0.05, 0.1) is 4.47 Å². The van der Waals surface area contributed by atoms with E-state index in [1.54, 1.807) is 0 Å². The SMILES string of the molecule is Fc1cccc(CC2(CNC3CC3)CCCC2)c1Br. The van der Waals surface area contributed by atoms with Gasteiger partial charge in [-0.15, -0.1) is 0 Å². The molecular weight excluding hydrogens is 305 g/mol. The Morgan fingerprint density at radius 3 is 2.68 bits per heavy atom. The lowest BCUT2D eigenvalue weighted by molar-refractivity contribution is 0.276. The third-order valence-corrected chi connectivity index (χ3v) is 5.49. The van der Waals surface area contributed by atoms with Gasteiger partial charge in [-0.2, -0.15) is 0 Å². The first-order valence-corrected chi connectivity index (χ1v) is 8.14. The number of hydrogen-bond acceptors (Lipinski definition) is 1. The van der Waals surface area contributed by atoms with Gasteiger partial charge in [-0.05, 0) is 65.1 Å². The summed E-state index contributed by atoms with van der Waals surface area (Å²) in [5, 5.41) is 3.68. The van der Waals surface area contributed by atoms with Gasteiger partial charge in [-0.25, -0.2) is 4.39 Å². The summed E-state index contributed by atoms with van der Waals surface area (Å²) in [7, 11) is 0. The molecule has 0 aromatic heterocycles. The molecule has 1 aromatic rings. The molecule has 0 amide bonds. The van der Waals surface area contributed by atoms with E-state index in [0.717, 1.165) is 24.6 Å². The number of rotatable bonds is 5. The Bertz CT molecular complexity index is 450. The summed E-state index contributed by atoms with van der Waals surface area (Å²) in [4.78, 5) is 0. The van der Waals surface area contributed by atoms with Gasteiger partial charge in [-0.1, -0.05) is 25.0 Å².